The van der Waals surface area contributed by atoms with Crippen LogP contribution in [0.5, 0.6) is 0 Å². The fraction of sp³-hybridized carbons (Fsp3) is 0.412. The van der Waals surface area contributed by atoms with Crippen LogP contribution in [-0.2, 0) is 19.1 Å². The van der Waals surface area contributed by atoms with E-state index in [0.717, 1.165) is 0 Å². The molecule has 0 aliphatic carbocycles. The number of carbonyl (C=O) groups excluding carboxylic acids is 2. The first-order valence-corrected chi connectivity index (χ1v) is 7.51. The molecule has 0 bridgehead atoms. The maximum absolute atomic E-state index is 12.1. The maximum atomic E-state index is 12.1. The van der Waals surface area contributed by atoms with E-state index >= 15 is 0 Å². The van der Waals surface area contributed by atoms with Gasteiger partial charge in [-0.25, -0.2) is 0 Å². The molecule has 0 fully saturated rings. The molecule has 0 spiro atoms. The Kier molecular flexibility index (Phi) is 7.99. The lowest BCUT2D eigenvalue weighted by Gasteiger charge is -2.17. The van der Waals surface area contributed by atoms with Gasteiger partial charge in [0.2, 0.25) is 6.54 Å². The highest BCUT2D eigenvalue weighted by atomic mass is 16.6. The quantitative estimate of drug-likeness (QED) is 0.248. The molecule has 0 aliphatic rings. The van der Waals surface area contributed by atoms with E-state index in [1.165, 1.54) is 0 Å². The summed E-state index contributed by atoms with van der Waals surface area (Å²) in [7, 11) is 0. The van der Waals surface area contributed by atoms with E-state index in [9.17, 15) is 19.7 Å². The van der Waals surface area contributed by atoms with E-state index in [1.54, 1.807) is 44.2 Å². The number of hydrogen-bond donors (Lipinski definition) is 0. The van der Waals surface area contributed by atoms with Crippen LogP contribution in [0.1, 0.15) is 19.4 Å². The average Bonchev–Trinajstić information content (AvgIpc) is 2.53. The van der Waals surface area contributed by atoms with Gasteiger partial charge in [-0.3, -0.25) is 19.7 Å². The first kappa shape index (κ1) is 19.2. The molecule has 0 aliphatic heterocycles. The highest BCUT2D eigenvalue weighted by Gasteiger charge is 2.39. The summed E-state index contributed by atoms with van der Waals surface area (Å²) in [5, 5.41) is 10.9. The standard InChI is InChI=1S/C17H19NO6/c1-3-23-16(19)15(17(20)24-4-2)14(12-18(21)22)11-10-13-8-6-5-7-9-13/h5-9,14-15H,3-4,12H2,1-2H3. The summed E-state index contributed by atoms with van der Waals surface area (Å²) in [6.07, 6.45) is 0. The van der Waals surface area contributed by atoms with Crippen LogP contribution in [0.15, 0.2) is 30.3 Å². The van der Waals surface area contributed by atoms with Crippen LogP contribution in [0.3, 0.4) is 0 Å². The second kappa shape index (κ2) is 10.0. The molecular formula is C17H19NO6. The minimum atomic E-state index is -1.45. The number of benzene rings is 1. The van der Waals surface area contributed by atoms with E-state index in [2.05, 4.69) is 11.8 Å². The number of carbonyl (C=O) groups is 2. The lowest BCUT2D eigenvalue weighted by Crippen LogP contribution is -2.37. The fourth-order valence-electron chi connectivity index (χ4n) is 1.98. The van der Waals surface area contributed by atoms with Crippen LogP contribution in [0.2, 0.25) is 0 Å². The molecule has 7 nitrogen and oxygen atoms in total. The van der Waals surface area contributed by atoms with Crippen molar-refractivity contribution in [3.8, 4) is 11.8 Å². The van der Waals surface area contributed by atoms with E-state index < -0.39 is 35.2 Å². The van der Waals surface area contributed by atoms with Gasteiger partial charge in [-0.15, -0.1) is 0 Å². The van der Waals surface area contributed by atoms with Crippen molar-refractivity contribution in [3.63, 3.8) is 0 Å². The molecule has 128 valence electrons. The zero-order valence-electron chi connectivity index (χ0n) is 13.6. The zero-order chi connectivity index (χ0) is 17.9. The Labute approximate surface area is 140 Å². The highest BCUT2D eigenvalue weighted by Crippen LogP contribution is 2.17. The minimum absolute atomic E-state index is 0.0477. The van der Waals surface area contributed by atoms with Gasteiger partial charge in [0, 0.05) is 10.5 Å². The SMILES string of the molecule is CCOC(=O)C(C(=O)OCC)C(C#Cc1ccccc1)C[N+](=O)[O-]. The van der Waals surface area contributed by atoms with E-state index in [4.69, 9.17) is 9.47 Å². The van der Waals surface area contributed by atoms with Crippen LogP contribution >= 0.6 is 0 Å². The Hall–Kier alpha value is -2.88. The van der Waals surface area contributed by atoms with Crippen molar-refractivity contribution in [1.82, 2.24) is 0 Å². The van der Waals surface area contributed by atoms with E-state index in [0.29, 0.717) is 5.56 Å². The predicted molar refractivity (Wildman–Crippen MR) is 85.4 cm³/mol. The van der Waals surface area contributed by atoms with Crippen molar-refractivity contribution in [3.05, 3.63) is 46.0 Å². The Morgan fingerprint density at radius 2 is 1.67 bits per heavy atom. The molecular weight excluding hydrogens is 314 g/mol. The van der Waals surface area contributed by atoms with Gasteiger partial charge < -0.3 is 9.47 Å². The molecule has 1 unspecified atom stereocenters. The lowest BCUT2D eigenvalue weighted by atomic mass is 9.92. The third-order valence-corrected chi connectivity index (χ3v) is 3.00. The van der Waals surface area contributed by atoms with Crippen LogP contribution in [-0.4, -0.2) is 36.6 Å². The topological polar surface area (TPSA) is 95.7 Å². The summed E-state index contributed by atoms with van der Waals surface area (Å²) in [5.74, 6) is 1.07. The molecule has 1 aromatic carbocycles. The number of hydrogen-bond acceptors (Lipinski definition) is 6. The van der Waals surface area contributed by atoms with Crippen LogP contribution in [0.25, 0.3) is 0 Å². The predicted octanol–water partition coefficient (Wildman–Crippen LogP) is 1.67. The maximum Gasteiger partial charge on any atom is 0.321 e. The Morgan fingerprint density at radius 3 is 2.12 bits per heavy atom. The van der Waals surface area contributed by atoms with Crippen LogP contribution in [0, 0.1) is 33.8 Å². The van der Waals surface area contributed by atoms with Crippen molar-refractivity contribution in [2.24, 2.45) is 11.8 Å². The Balaban J connectivity index is 3.16. The van der Waals surface area contributed by atoms with E-state index in [1.807, 2.05) is 0 Å². The molecule has 1 rings (SSSR count). The van der Waals surface area contributed by atoms with Crippen molar-refractivity contribution < 1.29 is 24.0 Å². The summed E-state index contributed by atoms with van der Waals surface area (Å²) in [5.41, 5.74) is 0.623. The normalized spacial score (nSPS) is 11.1. The lowest BCUT2D eigenvalue weighted by molar-refractivity contribution is -0.486. The third-order valence-electron chi connectivity index (χ3n) is 3.00. The van der Waals surface area contributed by atoms with Crippen molar-refractivity contribution >= 4 is 11.9 Å². The summed E-state index contributed by atoms with van der Waals surface area (Å²) in [6.45, 7) is 2.59. The largest absolute Gasteiger partial charge is 0.465 e. The van der Waals surface area contributed by atoms with Crippen LogP contribution in [0.4, 0.5) is 0 Å². The molecule has 0 radical (unpaired) electrons. The summed E-state index contributed by atoms with van der Waals surface area (Å²) in [4.78, 5) is 34.5. The zero-order valence-corrected chi connectivity index (χ0v) is 13.6. The van der Waals surface area contributed by atoms with Gasteiger partial charge in [0.1, 0.15) is 5.92 Å². The first-order chi connectivity index (χ1) is 11.5. The van der Waals surface area contributed by atoms with Gasteiger partial charge in [0.05, 0.1) is 13.2 Å². The molecule has 1 aromatic rings. The number of esters is 2. The third kappa shape index (κ3) is 6.08. The number of rotatable bonds is 7. The summed E-state index contributed by atoms with van der Waals surface area (Å²) >= 11 is 0. The summed E-state index contributed by atoms with van der Waals surface area (Å²) in [6, 6.07) is 8.78. The smallest absolute Gasteiger partial charge is 0.321 e. The van der Waals surface area contributed by atoms with Gasteiger partial charge >= 0.3 is 11.9 Å². The molecule has 0 heterocycles. The van der Waals surface area contributed by atoms with Gasteiger partial charge in [0.15, 0.2) is 5.92 Å². The molecule has 24 heavy (non-hydrogen) atoms. The van der Waals surface area contributed by atoms with Gasteiger partial charge in [-0.2, -0.15) is 0 Å². The first-order valence-electron chi connectivity index (χ1n) is 7.51. The molecule has 0 saturated heterocycles. The molecule has 7 heteroatoms. The average molecular weight is 333 g/mol. The second-order valence-corrected chi connectivity index (χ2v) is 4.74. The number of nitrogens with zero attached hydrogens (tertiary/aromatic N) is 1. The van der Waals surface area contributed by atoms with Crippen molar-refractivity contribution in [1.29, 1.82) is 0 Å². The second-order valence-electron chi connectivity index (χ2n) is 4.74. The molecule has 0 N–H and O–H groups in total. The molecule has 0 saturated carbocycles. The number of nitro groups is 1. The van der Waals surface area contributed by atoms with Gasteiger partial charge in [-0.1, -0.05) is 30.0 Å². The molecule has 1 atom stereocenters. The Bertz CT molecular complexity index is 613. The van der Waals surface area contributed by atoms with E-state index in [-0.39, 0.29) is 13.2 Å². The monoisotopic (exact) mass is 333 g/mol. The van der Waals surface area contributed by atoms with Crippen molar-refractivity contribution in [2.75, 3.05) is 19.8 Å². The molecule has 0 amide bonds. The Morgan fingerprint density at radius 1 is 1.12 bits per heavy atom. The van der Waals surface area contributed by atoms with Gasteiger partial charge in [-0.05, 0) is 26.0 Å². The minimum Gasteiger partial charge on any atom is -0.465 e. The number of ether oxygens (including phenoxy) is 2. The van der Waals surface area contributed by atoms with Gasteiger partial charge in [0.25, 0.3) is 0 Å². The fourth-order valence-corrected chi connectivity index (χ4v) is 1.98. The van der Waals surface area contributed by atoms with Crippen molar-refractivity contribution in [2.45, 2.75) is 13.8 Å². The van der Waals surface area contributed by atoms with Crippen LogP contribution < -0.4 is 0 Å². The summed E-state index contributed by atoms with van der Waals surface area (Å²) < 4.78 is 9.71. The molecule has 0 aromatic heterocycles. The highest BCUT2D eigenvalue weighted by molar-refractivity contribution is 5.95.